The van der Waals surface area contributed by atoms with Crippen LogP contribution in [0.3, 0.4) is 0 Å². The van der Waals surface area contributed by atoms with Crippen LogP contribution in [0.4, 0.5) is 0 Å². The van der Waals surface area contributed by atoms with Gasteiger partial charge in [0.05, 0.1) is 12.7 Å². The highest BCUT2D eigenvalue weighted by Gasteiger charge is 2.22. The van der Waals surface area contributed by atoms with Crippen LogP contribution in [-0.4, -0.2) is 23.0 Å². The van der Waals surface area contributed by atoms with Gasteiger partial charge in [0, 0.05) is 5.57 Å². The van der Waals surface area contributed by atoms with Crippen molar-refractivity contribution in [3.8, 4) is 0 Å². The zero-order valence-electron chi connectivity index (χ0n) is 7.33. The summed E-state index contributed by atoms with van der Waals surface area (Å²) in [5.74, 6) is -0.788. The minimum atomic E-state index is -1.05. The van der Waals surface area contributed by atoms with Crippen LogP contribution in [0.15, 0.2) is 35.1 Å². The Bertz CT molecular complexity index is 340. The summed E-state index contributed by atoms with van der Waals surface area (Å²) in [4.78, 5) is 10.1. The van der Waals surface area contributed by atoms with Gasteiger partial charge in [-0.2, -0.15) is 0 Å². The van der Waals surface area contributed by atoms with Gasteiger partial charge in [0.15, 0.2) is 4.84 Å². The Morgan fingerprint density at radius 1 is 1.57 bits per heavy atom. The number of carbonyl (C=O) groups excluding carboxylic acids is 1. The summed E-state index contributed by atoms with van der Waals surface area (Å²) in [5.41, 5.74) is 0.545. The normalized spacial score (nSPS) is 18.4. The van der Waals surface area contributed by atoms with Gasteiger partial charge in [-0.05, 0) is 6.08 Å². The third-order valence-electron chi connectivity index (χ3n) is 1.70. The molecule has 0 heterocycles. The van der Waals surface area contributed by atoms with Crippen LogP contribution < -0.4 is 0 Å². The molecule has 0 aromatic carbocycles. The summed E-state index contributed by atoms with van der Waals surface area (Å²) >= 11 is 10.9. The van der Waals surface area contributed by atoms with Crippen LogP contribution in [0, 0.1) is 0 Å². The number of methoxy groups -OCH3 is 1. The summed E-state index contributed by atoms with van der Waals surface area (Å²) in [5, 5.41) is 9.46. The summed E-state index contributed by atoms with van der Waals surface area (Å²) < 4.78 is 4.52. The molecule has 0 aromatic heterocycles. The Labute approximate surface area is 91.3 Å². The number of hydrogen-bond donors (Lipinski definition) is 1. The van der Waals surface area contributed by atoms with Gasteiger partial charge in [0.1, 0.15) is 5.76 Å². The monoisotopic (exact) mass is 234 g/mol. The first-order valence-electron chi connectivity index (χ1n) is 3.76. The number of halogens is 2. The topological polar surface area (TPSA) is 46.5 Å². The Morgan fingerprint density at radius 3 is 2.71 bits per heavy atom. The first-order valence-corrected chi connectivity index (χ1v) is 4.63. The Kier molecular flexibility index (Phi) is 3.61. The molecule has 0 spiro atoms. The summed E-state index contributed by atoms with van der Waals surface area (Å²) in [6.45, 7) is 0. The van der Waals surface area contributed by atoms with Crippen molar-refractivity contribution in [1.82, 2.24) is 0 Å². The van der Waals surface area contributed by atoms with Crippen molar-refractivity contribution in [2.45, 2.75) is 4.84 Å². The van der Waals surface area contributed by atoms with Gasteiger partial charge in [-0.1, -0.05) is 35.4 Å². The van der Waals surface area contributed by atoms with Crippen LogP contribution in [0.5, 0.6) is 0 Å². The fraction of sp³-hybridized carbons (Fsp3) is 0.222. The lowest BCUT2D eigenvalue weighted by molar-refractivity contribution is -0.135. The predicted octanol–water partition coefficient (Wildman–Crippen LogP) is 2.27. The second-order valence-electron chi connectivity index (χ2n) is 2.53. The van der Waals surface area contributed by atoms with E-state index in [1.54, 1.807) is 12.2 Å². The molecule has 0 fully saturated rings. The van der Waals surface area contributed by atoms with E-state index in [1.165, 1.54) is 13.2 Å². The van der Waals surface area contributed by atoms with Gasteiger partial charge in [-0.3, -0.25) is 0 Å². The lowest BCUT2D eigenvalue weighted by atomic mass is 10.1. The largest absolute Gasteiger partial charge is 0.509 e. The van der Waals surface area contributed by atoms with Gasteiger partial charge < -0.3 is 9.84 Å². The Hall–Kier alpha value is -0.930. The van der Waals surface area contributed by atoms with E-state index < -0.39 is 10.8 Å². The first-order chi connectivity index (χ1) is 6.57. The molecule has 0 aliphatic heterocycles. The highest BCUT2D eigenvalue weighted by atomic mass is 35.5. The molecule has 0 amide bonds. The number of aliphatic hydroxyl groups excluding tert-OH is 1. The zero-order chi connectivity index (χ0) is 10.7. The number of esters is 1. The molecule has 0 aromatic rings. The van der Waals surface area contributed by atoms with Crippen LogP contribution in [0.1, 0.15) is 0 Å². The number of carbonyl (C=O) groups is 1. The van der Waals surface area contributed by atoms with Crippen molar-refractivity contribution in [3.63, 3.8) is 0 Å². The fourth-order valence-electron chi connectivity index (χ4n) is 1.05. The third kappa shape index (κ3) is 2.11. The van der Waals surface area contributed by atoms with E-state index in [1.807, 2.05) is 0 Å². The molecule has 1 aliphatic rings. The molecule has 0 atom stereocenters. The molecule has 0 saturated carbocycles. The van der Waals surface area contributed by atoms with E-state index in [2.05, 4.69) is 4.74 Å². The van der Waals surface area contributed by atoms with Crippen LogP contribution in [0.2, 0.25) is 0 Å². The van der Waals surface area contributed by atoms with E-state index in [-0.39, 0.29) is 11.3 Å². The van der Waals surface area contributed by atoms with Gasteiger partial charge in [-0.25, -0.2) is 4.79 Å². The molecular weight excluding hydrogens is 227 g/mol. The molecule has 1 aliphatic carbocycles. The molecule has 3 nitrogen and oxygen atoms in total. The van der Waals surface area contributed by atoms with Crippen molar-refractivity contribution in [1.29, 1.82) is 0 Å². The van der Waals surface area contributed by atoms with Gasteiger partial charge in [-0.15, -0.1) is 0 Å². The highest BCUT2D eigenvalue weighted by Crippen LogP contribution is 2.26. The van der Waals surface area contributed by atoms with Crippen molar-refractivity contribution < 1.29 is 14.6 Å². The molecule has 0 saturated heterocycles. The van der Waals surface area contributed by atoms with Gasteiger partial charge in [0.25, 0.3) is 0 Å². The number of rotatable bonds is 2. The number of ether oxygens (including phenoxy) is 1. The van der Waals surface area contributed by atoms with Crippen LogP contribution >= 0.6 is 23.2 Å². The van der Waals surface area contributed by atoms with Gasteiger partial charge >= 0.3 is 5.97 Å². The molecule has 1 N–H and O–H groups in total. The maximum absolute atomic E-state index is 11.2. The lowest BCUT2D eigenvalue weighted by Gasteiger charge is -2.07. The molecule has 5 heteroatoms. The van der Waals surface area contributed by atoms with Crippen LogP contribution in [0.25, 0.3) is 0 Å². The standard InChI is InChI=1S/C9H8Cl2O3/c1-14-9(13)6-4-2-3-5(6)7(12)8(10)11/h2-4,8,12H,1H3/b7-5-. The average molecular weight is 235 g/mol. The van der Waals surface area contributed by atoms with Crippen molar-refractivity contribution in [3.05, 3.63) is 35.1 Å². The molecular formula is C9H8Cl2O3. The van der Waals surface area contributed by atoms with E-state index in [0.29, 0.717) is 5.57 Å². The molecule has 1 rings (SSSR count). The Morgan fingerprint density at radius 2 is 2.21 bits per heavy atom. The fourth-order valence-corrected chi connectivity index (χ4v) is 1.28. The SMILES string of the molecule is COC(=O)C1=CC=C/C1=C(/O)C(Cl)Cl. The van der Waals surface area contributed by atoms with Crippen molar-refractivity contribution in [2.75, 3.05) is 7.11 Å². The second kappa shape index (κ2) is 4.53. The van der Waals surface area contributed by atoms with E-state index in [9.17, 15) is 9.90 Å². The molecule has 76 valence electrons. The quantitative estimate of drug-likeness (QED) is 0.453. The average Bonchev–Trinajstić information content (AvgIpc) is 2.63. The molecule has 0 unspecified atom stereocenters. The van der Waals surface area contributed by atoms with Crippen LogP contribution in [-0.2, 0) is 9.53 Å². The maximum atomic E-state index is 11.2. The lowest BCUT2D eigenvalue weighted by Crippen LogP contribution is -2.08. The molecule has 0 bridgehead atoms. The number of allylic oxidation sites excluding steroid dienone is 4. The highest BCUT2D eigenvalue weighted by molar-refractivity contribution is 6.46. The van der Waals surface area contributed by atoms with E-state index >= 15 is 0 Å². The minimum absolute atomic E-state index is 0.247. The summed E-state index contributed by atoms with van der Waals surface area (Å²) in [7, 11) is 1.26. The summed E-state index contributed by atoms with van der Waals surface area (Å²) in [6, 6.07) is 0. The van der Waals surface area contributed by atoms with Crippen molar-refractivity contribution in [2.24, 2.45) is 0 Å². The minimum Gasteiger partial charge on any atom is -0.509 e. The maximum Gasteiger partial charge on any atom is 0.338 e. The zero-order valence-corrected chi connectivity index (χ0v) is 8.84. The van der Waals surface area contributed by atoms with E-state index in [4.69, 9.17) is 23.2 Å². The number of alkyl halides is 2. The molecule has 14 heavy (non-hydrogen) atoms. The predicted molar refractivity (Wildman–Crippen MR) is 54.4 cm³/mol. The number of aliphatic hydroxyl groups is 1. The summed E-state index contributed by atoms with van der Waals surface area (Å²) in [6.07, 6.45) is 4.67. The van der Waals surface area contributed by atoms with Crippen molar-refractivity contribution >= 4 is 29.2 Å². The first kappa shape index (κ1) is 11.1. The molecule has 0 radical (unpaired) electrons. The number of hydrogen-bond acceptors (Lipinski definition) is 3. The smallest absolute Gasteiger partial charge is 0.338 e. The van der Waals surface area contributed by atoms with Gasteiger partial charge in [0.2, 0.25) is 0 Å². The second-order valence-corrected chi connectivity index (χ2v) is 3.63. The third-order valence-corrected chi connectivity index (χ3v) is 2.12. The Balaban J connectivity index is 3.03. The van der Waals surface area contributed by atoms with E-state index in [0.717, 1.165) is 0 Å².